The molecule has 0 bridgehead atoms. The van der Waals surface area contributed by atoms with E-state index in [1.54, 1.807) is 10.9 Å². The van der Waals surface area contributed by atoms with E-state index in [1.165, 1.54) is 0 Å². The lowest BCUT2D eigenvalue weighted by atomic mass is 9.91. The standard InChI is InChI=1S/C18H30FN5O2Si/c1-11-8-12(24-10-21-13-14(20)22-16(19)23-15(13)24)26-18(11,5)9-25-27(6,7)17(2,3)4/h10-12H,8-9H2,1-7H3,(H2,20,22,23)/t11-,12+,18+/m0/s1. The number of imidazole rings is 1. The van der Waals surface area contributed by atoms with E-state index < -0.39 is 20.0 Å². The second kappa shape index (κ2) is 6.49. The molecule has 27 heavy (non-hydrogen) atoms. The van der Waals surface area contributed by atoms with Crippen LogP contribution in [0, 0.1) is 12.0 Å². The van der Waals surface area contributed by atoms with E-state index in [9.17, 15) is 4.39 Å². The lowest BCUT2D eigenvalue weighted by Gasteiger charge is -2.39. The maximum absolute atomic E-state index is 13.6. The van der Waals surface area contributed by atoms with Crippen molar-refractivity contribution in [1.82, 2.24) is 19.5 Å². The Morgan fingerprint density at radius 1 is 1.41 bits per heavy atom. The molecular weight excluding hydrogens is 365 g/mol. The second-order valence-electron chi connectivity index (χ2n) is 9.27. The summed E-state index contributed by atoms with van der Waals surface area (Å²) in [6, 6.07) is 0. The summed E-state index contributed by atoms with van der Waals surface area (Å²) < 4.78 is 28.2. The van der Waals surface area contributed by atoms with Crippen molar-refractivity contribution in [3.8, 4) is 0 Å². The van der Waals surface area contributed by atoms with Gasteiger partial charge in [0.15, 0.2) is 25.3 Å². The van der Waals surface area contributed by atoms with Crippen molar-refractivity contribution in [2.75, 3.05) is 12.3 Å². The molecule has 1 saturated heterocycles. The van der Waals surface area contributed by atoms with Gasteiger partial charge in [0.25, 0.3) is 0 Å². The molecule has 0 aromatic carbocycles. The number of ether oxygens (including phenoxy) is 1. The third-order valence-corrected chi connectivity index (χ3v) is 10.7. The largest absolute Gasteiger partial charge is 0.414 e. The molecule has 2 N–H and O–H groups in total. The van der Waals surface area contributed by atoms with Crippen LogP contribution in [0.25, 0.3) is 11.2 Å². The molecule has 0 unspecified atom stereocenters. The lowest BCUT2D eigenvalue weighted by molar-refractivity contribution is -0.0938. The number of hydrogen-bond acceptors (Lipinski definition) is 6. The topological polar surface area (TPSA) is 88.1 Å². The summed E-state index contributed by atoms with van der Waals surface area (Å²) in [6.07, 6.45) is 1.19. The first-order valence-corrected chi connectivity index (χ1v) is 12.2. The van der Waals surface area contributed by atoms with Crippen LogP contribution in [0.15, 0.2) is 6.33 Å². The number of rotatable bonds is 4. The average Bonchev–Trinajstić information content (AvgIpc) is 3.07. The number of fused-ring (bicyclic) bond motifs is 1. The summed E-state index contributed by atoms with van der Waals surface area (Å²) in [5, 5.41) is 0.136. The van der Waals surface area contributed by atoms with Gasteiger partial charge in [-0.05, 0) is 37.4 Å². The predicted octanol–water partition coefficient (Wildman–Crippen LogP) is 3.88. The molecule has 0 radical (unpaired) electrons. The third kappa shape index (κ3) is 3.60. The monoisotopic (exact) mass is 395 g/mol. The molecule has 7 nitrogen and oxygen atoms in total. The van der Waals surface area contributed by atoms with Crippen LogP contribution in [0.2, 0.25) is 18.1 Å². The number of hydrogen-bond donors (Lipinski definition) is 1. The van der Waals surface area contributed by atoms with Crippen LogP contribution in [0.5, 0.6) is 0 Å². The molecule has 150 valence electrons. The minimum absolute atomic E-state index is 0.0336. The molecule has 1 aliphatic heterocycles. The fourth-order valence-electron chi connectivity index (χ4n) is 3.04. The summed E-state index contributed by atoms with van der Waals surface area (Å²) in [4.78, 5) is 11.6. The maximum Gasteiger partial charge on any atom is 0.312 e. The smallest absolute Gasteiger partial charge is 0.312 e. The molecule has 1 aliphatic rings. The van der Waals surface area contributed by atoms with Gasteiger partial charge in [0.2, 0.25) is 0 Å². The fraction of sp³-hybridized carbons (Fsp3) is 0.722. The Labute approximate surface area is 160 Å². The number of anilines is 1. The van der Waals surface area contributed by atoms with E-state index in [0.29, 0.717) is 17.8 Å². The highest BCUT2D eigenvalue weighted by atomic mass is 28.4. The van der Waals surface area contributed by atoms with Crippen LogP contribution in [0.1, 0.15) is 47.3 Å². The van der Waals surface area contributed by atoms with E-state index in [1.807, 2.05) is 0 Å². The zero-order valence-corrected chi connectivity index (χ0v) is 18.2. The highest BCUT2D eigenvalue weighted by molar-refractivity contribution is 6.74. The first-order valence-electron chi connectivity index (χ1n) is 9.31. The van der Waals surface area contributed by atoms with Gasteiger partial charge in [-0.2, -0.15) is 14.4 Å². The summed E-state index contributed by atoms with van der Waals surface area (Å²) in [5.74, 6) is 0.292. The predicted molar refractivity (Wildman–Crippen MR) is 105 cm³/mol. The van der Waals surface area contributed by atoms with Crippen molar-refractivity contribution in [3.63, 3.8) is 0 Å². The molecule has 0 aliphatic carbocycles. The summed E-state index contributed by atoms with van der Waals surface area (Å²) in [6.45, 7) is 15.9. The molecule has 2 aromatic heterocycles. The number of nitrogen functional groups attached to an aromatic ring is 1. The average molecular weight is 396 g/mol. The van der Waals surface area contributed by atoms with E-state index in [4.69, 9.17) is 14.9 Å². The van der Waals surface area contributed by atoms with Crippen LogP contribution in [0.4, 0.5) is 10.2 Å². The molecule has 0 saturated carbocycles. The lowest BCUT2D eigenvalue weighted by Crippen LogP contribution is -2.46. The summed E-state index contributed by atoms with van der Waals surface area (Å²) in [7, 11) is -1.88. The second-order valence-corrected chi connectivity index (χ2v) is 14.1. The number of nitrogens with two attached hydrogens (primary N) is 1. The first-order chi connectivity index (χ1) is 12.3. The Bertz CT molecular complexity index is 850. The van der Waals surface area contributed by atoms with Crippen LogP contribution in [0.3, 0.4) is 0 Å². The van der Waals surface area contributed by atoms with Gasteiger partial charge < -0.3 is 14.9 Å². The van der Waals surface area contributed by atoms with E-state index in [-0.39, 0.29) is 23.0 Å². The Balaban J connectivity index is 1.82. The highest BCUT2D eigenvalue weighted by Crippen LogP contribution is 2.44. The normalized spacial score (nSPS) is 26.8. The Kier molecular flexibility index (Phi) is 4.85. The van der Waals surface area contributed by atoms with E-state index in [2.05, 4.69) is 62.7 Å². The molecule has 2 aromatic rings. The van der Waals surface area contributed by atoms with Crippen molar-refractivity contribution in [2.45, 2.75) is 71.0 Å². The van der Waals surface area contributed by atoms with Crippen molar-refractivity contribution in [3.05, 3.63) is 12.4 Å². The van der Waals surface area contributed by atoms with Gasteiger partial charge in [-0.25, -0.2) is 4.98 Å². The number of halogens is 1. The Morgan fingerprint density at radius 2 is 2.07 bits per heavy atom. The molecule has 0 amide bonds. The third-order valence-electron chi connectivity index (χ3n) is 6.26. The Hall–Kier alpha value is -1.58. The molecule has 9 heteroatoms. The first kappa shape index (κ1) is 20.2. The SMILES string of the molecule is C[C@H]1C[C@H](n2cnc3c(N)nc(F)nc32)O[C@]1(C)CO[Si](C)(C)C(C)(C)C. The quantitative estimate of drug-likeness (QED) is 0.624. The number of nitrogens with zero attached hydrogens (tertiary/aromatic N) is 4. The number of aromatic nitrogens is 4. The van der Waals surface area contributed by atoms with Gasteiger partial charge in [-0.3, -0.25) is 4.57 Å². The van der Waals surface area contributed by atoms with Crippen molar-refractivity contribution in [2.24, 2.45) is 5.92 Å². The van der Waals surface area contributed by atoms with Gasteiger partial charge in [-0.1, -0.05) is 27.7 Å². The van der Waals surface area contributed by atoms with Gasteiger partial charge in [0.05, 0.1) is 18.5 Å². The zero-order chi connectivity index (χ0) is 20.2. The molecule has 3 atom stereocenters. The van der Waals surface area contributed by atoms with Crippen LogP contribution in [-0.2, 0) is 9.16 Å². The van der Waals surface area contributed by atoms with Gasteiger partial charge in [0.1, 0.15) is 6.23 Å². The molecule has 0 spiro atoms. The van der Waals surface area contributed by atoms with Gasteiger partial charge in [0, 0.05) is 0 Å². The molecule has 1 fully saturated rings. The molecular formula is C18H30FN5O2Si. The molecule has 3 rings (SSSR count). The van der Waals surface area contributed by atoms with Gasteiger partial charge in [-0.15, -0.1) is 0 Å². The van der Waals surface area contributed by atoms with Crippen LogP contribution >= 0.6 is 0 Å². The molecule has 3 heterocycles. The van der Waals surface area contributed by atoms with E-state index in [0.717, 1.165) is 6.42 Å². The summed E-state index contributed by atoms with van der Waals surface area (Å²) in [5.41, 5.74) is 6.07. The maximum atomic E-state index is 13.6. The minimum Gasteiger partial charge on any atom is -0.414 e. The Morgan fingerprint density at radius 3 is 2.70 bits per heavy atom. The highest BCUT2D eigenvalue weighted by Gasteiger charge is 2.46. The van der Waals surface area contributed by atoms with Crippen molar-refractivity contribution < 1.29 is 13.6 Å². The minimum atomic E-state index is -1.88. The van der Waals surface area contributed by atoms with E-state index >= 15 is 0 Å². The van der Waals surface area contributed by atoms with Crippen LogP contribution < -0.4 is 5.73 Å². The van der Waals surface area contributed by atoms with Crippen molar-refractivity contribution >= 4 is 25.3 Å². The van der Waals surface area contributed by atoms with Gasteiger partial charge >= 0.3 is 6.08 Å². The van der Waals surface area contributed by atoms with Crippen LogP contribution in [-0.4, -0.2) is 40.0 Å². The zero-order valence-electron chi connectivity index (χ0n) is 17.2. The fourth-order valence-corrected chi connectivity index (χ4v) is 4.12. The van der Waals surface area contributed by atoms with Crippen molar-refractivity contribution in [1.29, 1.82) is 0 Å². The summed E-state index contributed by atoms with van der Waals surface area (Å²) >= 11 is 0.